The molecule has 0 saturated carbocycles. The van der Waals surface area contributed by atoms with Crippen molar-refractivity contribution >= 4 is 29.0 Å². The summed E-state index contributed by atoms with van der Waals surface area (Å²) in [5.74, 6) is -0.735. The zero-order chi connectivity index (χ0) is 19.6. The number of methoxy groups -OCH3 is 1. The Balaban J connectivity index is 1.64. The van der Waals surface area contributed by atoms with Gasteiger partial charge in [-0.05, 0) is 30.7 Å². The smallest absolute Gasteiger partial charge is 0.322 e. The summed E-state index contributed by atoms with van der Waals surface area (Å²) in [4.78, 5) is 16.0. The van der Waals surface area contributed by atoms with Crippen LogP contribution in [0.4, 0.5) is 25.0 Å². The van der Waals surface area contributed by atoms with Crippen LogP contribution in [-0.4, -0.2) is 44.2 Å². The Morgan fingerprint density at radius 3 is 2.48 bits per heavy atom. The quantitative estimate of drug-likeness (QED) is 0.843. The Morgan fingerprint density at radius 2 is 1.85 bits per heavy atom. The third-order valence-electron chi connectivity index (χ3n) is 4.54. The number of carbonyl (C=O) groups excluding carboxylic acids is 1. The normalized spacial score (nSPS) is 14.3. The molecule has 0 bridgehead atoms. The second-order valence-electron chi connectivity index (χ2n) is 6.30. The third kappa shape index (κ3) is 4.24. The Kier molecular flexibility index (Phi) is 5.70. The molecule has 2 aromatic carbocycles. The number of halogens is 3. The number of anilines is 2. The average Bonchev–Trinajstić information content (AvgIpc) is 2.64. The van der Waals surface area contributed by atoms with Crippen molar-refractivity contribution in [2.24, 2.45) is 0 Å². The molecule has 2 aromatic rings. The lowest BCUT2D eigenvalue weighted by molar-refractivity contribution is 0.208. The van der Waals surface area contributed by atoms with E-state index in [1.165, 1.54) is 19.2 Å². The fraction of sp³-hybridized carbons (Fsp3) is 0.316. The first-order valence-electron chi connectivity index (χ1n) is 8.49. The van der Waals surface area contributed by atoms with Gasteiger partial charge in [-0.25, -0.2) is 13.6 Å². The van der Waals surface area contributed by atoms with Crippen LogP contribution in [0.15, 0.2) is 30.3 Å². The second-order valence-corrected chi connectivity index (χ2v) is 6.71. The highest BCUT2D eigenvalue weighted by Gasteiger charge is 2.24. The van der Waals surface area contributed by atoms with Crippen molar-refractivity contribution in [3.8, 4) is 5.75 Å². The Labute approximate surface area is 161 Å². The number of hydrogen-bond donors (Lipinski definition) is 1. The van der Waals surface area contributed by atoms with Gasteiger partial charge in [-0.2, -0.15) is 0 Å². The predicted octanol–water partition coefficient (Wildman–Crippen LogP) is 4.29. The van der Waals surface area contributed by atoms with E-state index in [2.05, 4.69) is 5.32 Å². The summed E-state index contributed by atoms with van der Waals surface area (Å²) in [6, 6.07) is 6.65. The lowest BCUT2D eigenvalue weighted by atomic mass is 10.2. The topological polar surface area (TPSA) is 44.8 Å². The van der Waals surface area contributed by atoms with Crippen LogP contribution in [0, 0.1) is 18.6 Å². The first-order valence-corrected chi connectivity index (χ1v) is 8.87. The summed E-state index contributed by atoms with van der Waals surface area (Å²) < 4.78 is 32.3. The monoisotopic (exact) mass is 395 g/mol. The number of ether oxygens (including phenoxy) is 1. The van der Waals surface area contributed by atoms with Gasteiger partial charge in [0.2, 0.25) is 0 Å². The number of rotatable bonds is 3. The van der Waals surface area contributed by atoms with Crippen molar-refractivity contribution in [1.29, 1.82) is 0 Å². The number of nitrogens with one attached hydrogen (secondary N) is 1. The van der Waals surface area contributed by atoms with Gasteiger partial charge < -0.3 is 19.9 Å². The Bertz CT molecular complexity index is 855. The molecule has 0 spiro atoms. The average molecular weight is 396 g/mol. The Morgan fingerprint density at radius 1 is 1.15 bits per heavy atom. The number of amides is 2. The molecule has 1 aliphatic heterocycles. The standard InChI is InChI=1S/C19H20ClF2N3O2/c1-12-9-16(18(27-2)11-14(12)20)23-19(26)25-7-5-24(6-8-25)17-4-3-13(21)10-15(17)22/h3-4,9-11H,5-8H2,1-2H3,(H,23,26). The van der Waals surface area contributed by atoms with Gasteiger partial charge in [0.05, 0.1) is 18.5 Å². The second kappa shape index (κ2) is 8.00. The van der Waals surface area contributed by atoms with Gasteiger partial charge >= 0.3 is 6.03 Å². The minimum atomic E-state index is -0.610. The zero-order valence-electron chi connectivity index (χ0n) is 15.1. The Hall–Kier alpha value is -2.54. The van der Waals surface area contributed by atoms with Gasteiger partial charge in [0.15, 0.2) is 0 Å². The maximum atomic E-state index is 13.9. The summed E-state index contributed by atoms with van der Waals surface area (Å²) in [5.41, 5.74) is 1.70. The van der Waals surface area contributed by atoms with E-state index >= 15 is 0 Å². The van der Waals surface area contributed by atoms with E-state index in [0.29, 0.717) is 48.3 Å². The molecule has 1 N–H and O–H groups in total. The number of urea groups is 1. The summed E-state index contributed by atoms with van der Waals surface area (Å²) in [5, 5.41) is 3.39. The minimum Gasteiger partial charge on any atom is -0.495 e. The van der Waals surface area contributed by atoms with Crippen molar-refractivity contribution in [2.45, 2.75) is 6.92 Å². The van der Waals surface area contributed by atoms with Crippen molar-refractivity contribution in [3.05, 3.63) is 52.6 Å². The molecule has 0 aliphatic carbocycles. The molecule has 3 rings (SSSR count). The molecule has 1 heterocycles. The largest absolute Gasteiger partial charge is 0.495 e. The van der Waals surface area contributed by atoms with Crippen molar-refractivity contribution in [3.63, 3.8) is 0 Å². The van der Waals surface area contributed by atoms with Crippen LogP contribution in [0.3, 0.4) is 0 Å². The fourth-order valence-electron chi connectivity index (χ4n) is 3.01. The maximum absolute atomic E-state index is 13.9. The molecular formula is C19H20ClF2N3O2. The molecule has 1 fully saturated rings. The zero-order valence-corrected chi connectivity index (χ0v) is 15.8. The number of hydrogen-bond acceptors (Lipinski definition) is 3. The molecule has 27 heavy (non-hydrogen) atoms. The minimum absolute atomic E-state index is 0.269. The first kappa shape index (κ1) is 19.2. The molecule has 0 unspecified atom stereocenters. The predicted molar refractivity (Wildman–Crippen MR) is 102 cm³/mol. The van der Waals surface area contributed by atoms with Gasteiger partial charge in [0, 0.05) is 43.3 Å². The molecule has 2 amide bonds. The van der Waals surface area contributed by atoms with Gasteiger partial charge in [0.1, 0.15) is 17.4 Å². The van der Waals surface area contributed by atoms with Crippen LogP contribution in [0.5, 0.6) is 5.75 Å². The lowest BCUT2D eigenvalue weighted by Crippen LogP contribution is -2.50. The summed E-state index contributed by atoms with van der Waals surface area (Å²) in [6.07, 6.45) is 0. The molecule has 144 valence electrons. The maximum Gasteiger partial charge on any atom is 0.322 e. The van der Waals surface area contributed by atoms with E-state index in [1.54, 1.807) is 21.9 Å². The fourth-order valence-corrected chi connectivity index (χ4v) is 3.17. The molecule has 0 radical (unpaired) electrons. The number of aryl methyl sites for hydroxylation is 1. The number of piperazine rings is 1. The van der Waals surface area contributed by atoms with Crippen molar-refractivity contribution in [2.75, 3.05) is 43.5 Å². The van der Waals surface area contributed by atoms with Crippen molar-refractivity contribution in [1.82, 2.24) is 4.90 Å². The highest BCUT2D eigenvalue weighted by molar-refractivity contribution is 6.31. The van der Waals surface area contributed by atoms with Crippen LogP contribution in [0.1, 0.15) is 5.56 Å². The number of nitrogens with zero attached hydrogens (tertiary/aromatic N) is 2. The van der Waals surface area contributed by atoms with Gasteiger partial charge in [-0.3, -0.25) is 0 Å². The lowest BCUT2D eigenvalue weighted by Gasteiger charge is -2.36. The highest BCUT2D eigenvalue weighted by atomic mass is 35.5. The van der Waals surface area contributed by atoms with E-state index < -0.39 is 11.6 Å². The SMILES string of the molecule is COc1cc(Cl)c(C)cc1NC(=O)N1CCN(c2ccc(F)cc2F)CC1. The molecule has 0 aromatic heterocycles. The molecule has 1 saturated heterocycles. The van der Waals surface area contributed by atoms with E-state index in [1.807, 2.05) is 6.92 Å². The number of carbonyl (C=O) groups is 1. The van der Waals surface area contributed by atoms with Crippen molar-refractivity contribution < 1.29 is 18.3 Å². The summed E-state index contributed by atoms with van der Waals surface area (Å²) >= 11 is 6.08. The van der Waals surface area contributed by atoms with Crippen LogP contribution < -0.4 is 15.0 Å². The third-order valence-corrected chi connectivity index (χ3v) is 4.95. The van der Waals surface area contributed by atoms with Crippen LogP contribution in [0.25, 0.3) is 0 Å². The molecule has 5 nitrogen and oxygen atoms in total. The van der Waals surface area contributed by atoms with E-state index in [-0.39, 0.29) is 6.03 Å². The highest BCUT2D eigenvalue weighted by Crippen LogP contribution is 2.31. The van der Waals surface area contributed by atoms with E-state index in [9.17, 15) is 13.6 Å². The first-order chi connectivity index (χ1) is 12.9. The molecule has 0 atom stereocenters. The number of benzene rings is 2. The van der Waals surface area contributed by atoms with E-state index in [4.69, 9.17) is 16.3 Å². The van der Waals surface area contributed by atoms with E-state index in [0.717, 1.165) is 11.6 Å². The van der Waals surface area contributed by atoms with Gasteiger partial charge in [-0.15, -0.1) is 0 Å². The van der Waals surface area contributed by atoms with Gasteiger partial charge in [0.25, 0.3) is 0 Å². The summed E-state index contributed by atoms with van der Waals surface area (Å²) in [7, 11) is 1.51. The molecule has 1 aliphatic rings. The molecular weight excluding hydrogens is 376 g/mol. The van der Waals surface area contributed by atoms with Crippen LogP contribution in [0.2, 0.25) is 5.02 Å². The van der Waals surface area contributed by atoms with Crippen LogP contribution >= 0.6 is 11.6 Å². The van der Waals surface area contributed by atoms with Crippen LogP contribution in [-0.2, 0) is 0 Å². The van der Waals surface area contributed by atoms with Gasteiger partial charge in [-0.1, -0.05) is 11.6 Å². The summed E-state index contributed by atoms with van der Waals surface area (Å²) in [6.45, 7) is 3.57. The molecule has 8 heteroatoms.